The molecule has 7 N–H and O–H groups in total. The Kier molecular flexibility index (Phi) is 20.9. The SMILES string of the molecule is CC(=O)Oc1ccccc1C(=O)O.CC(=O)Oc1ccccc1C(=O)O.CCC(C)(C)C(=O)O[C@H]1C[C@@H](C)C=C2C=C[C@H](C)[C@H](CC[C@@H]3C[C@@H](O)CC(=O)O3)[C@H]21.NS(=O)(=O)c1cc2c(cc1Cl)NCNS2(=O)=O. The number of primary sulfonamides is 1. The number of hydrogen-bond donors (Lipinski definition) is 6. The summed E-state index contributed by atoms with van der Waals surface area (Å²) in [6.45, 7) is 12.8. The summed E-state index contributed by atoms with van der Waals surface area (Å²) in [6, 6.07) is 14.1. The fourth-order valence-electron chi connectivity index (χ4n) is 8.27. The molecule has 0 saturated carbocycles. The molecule has 1 fully saturated rings. The number of aromatic carboxylic acids is 2. The van der Waals surface area contributed by atoms with Crippen LogP contribution in [0, 0.1) is 29.1 Å². The van der Waals surface area contributed by atoms with Crippen molar-refractivity contribution in [1.29, 1.82) is 0 Å². The number of rotatable bonds is 11. The number of aliphatic hydroxyl groups is 1. The number of ether oxygens (including phenoxy) is 4. The van der Waals surface area contributed by atoms with Crippen LogP contribution in [0.25, 0.3) is 0 Å². The lowest BCUT2D eigenvalue weighted by Gasteiger charge is -2.44. The van der Waals surface area contributed by atoms with E-state index in [4.69, 9.17) is 36.4 Å². The molecule has 0 unspecified atom stereocenters. The van der Waals surface area contributed by atoms with Gasteiger partial charge in [0.15, 0.2) is 0 Å². The number of carbonyl (C=O) groups excluding carboxylic acids is 4. The second-order valence-corrected chi connectivity index (χ2v) is 22.0. The van der Waals surface area contributed by atoms with Gasteiger partial charge in [-0.05, 0) is 99.3 Å². The van der Waals surface area contributed by atoms with Gasteiger partial charge in [0.25, 0.3) is 0 Å². The Balaban J connectivity index is 0.000000228. The number of fused-ring (bicyclic) bond motifs is 2. The van der Waals surface area contributed by atoms with Crippen LogP contribution in [0.2, 0.25) is 5.02 Å². The highest BCUT2D eigenvalue weighted by atomic mass is 35.5. The standard InChI is InChI=1S/C25H38O5.2C9H8O4.C7H8ClN3O4S2/c1-6-25(4,5)24(28)30-21-12-15(2)11-17-8-7-16(3)20(23(17)21)10-9-19-13-18(26)14-22(27)29-19;2*1-6(10)13-8-5-3-2-4-7(8)9(11)12;8-4-1-5-7(2-6(4)16(9,12)13)17(14,15)11-3-10-5/h7-8,11,15-16,18-21,23,26H,6,9-10,12-14H2,1-5H3;2*2-5H,1H3,(H,11,12);1-2,10-11H,3H2,(H2,9,12,13)/t15-,16-,18+,19+,20-,21-,23-;;;/m0.../s1. The minimum Gasteiger partial charge on any atom is -0.478 e. The van der Waals surface area contributed by atoms with Crippen molar-refractivity contribution in [3.8, 4) is 11.5 Å². The van der Waals surface area contributed by atoms with Crippen LogP contribution in [-0.2, 0) is 48.7 Å². The summed E-state index contributed by atoms with van der Waals surface area (Å²) in [6.07, 6.45) is 9.61. The number of para-hydroxylation sites is 2. The highest BCUT2D eigenvalue weighted by Crippen LogP contribution is 2.46. The van der Waals surface area contributed by atoms with Gasteiger partial charge >= 0.3 is 35.8 Å². The Morgan fingerprint density at radius 2 is 1.47 bits per heavy atom. The number of aliphatic hydroxyl groups excluding tert-OH is 1. The fraction of sp³-hybridized carbons (Fsp3) is 0.440. The number of hydrogen-bond acceptors (Lipinski definition) is 16. The number of esters is 4. The third kappa shape index (κ3) is 16.9. The summed E-state index contributed by atoms with van der Waals surface area (Å²) in [4.78, 5) is 66.3. The van der Waals surface area contributed by atoms with Crippen LogP contribution in [0.1, 0.15) is 108 Å². The molecular weight excluding hydrogens is 1010 g/mol. The summed E-state index contributed by atoms with van der Waals surface area (Å²) >= 11 is 5.72. The predicted molar refractivity (Wildman–Crippen MR) is 267 cm³/mol. The number of nitrogens with one attached hydrogen (secondary N) is 2. The molecule has 2 aliphatic carbocycles. The van der Waals surface area contributed by atoms with Gasteiger partial charge in [0.2, 0.25) is 20.0 Å². The number of carboxylic acids is 2. The van der Waals surface area contributed by atoms with E-state index in [1.807, 2.05) is 20.8 Å². The maximum atomic E-state index is 12.9. The van der Waals surface area contributed by atoms with Crippen molar-refractivity contribution >= 4 is 73.2 Å². The number of benzene rings is 3. The smallest absolute Gasteiger partial charge is 0.339 e. The molecule has 1 saturated heterocycles. The minimum atomic E-state index is -4.07. The maximum absolute atomic E-state index is 12.9. The Labute approximate surface area is 429 Å². The quantitative estimate of drug-likeness (QED) is 0.0844. The molecule has 0 spiro atoms. The number of carboxylic acid groups (broad SMARTS) is 2. The Morgan fingerprint density at radius 3 is 1.97 bits per heavy atom. The molecule has 7 rings (SSSR count). The summed E-state index contributed by atoms with van der Waals surface area (Å²) in [7, 11) is -7.80. The number of allylic oxidation sites excluding steroid dienone is 3. The zero-order chi connectivity index (χ0) is 54.6. The number of nitrogens with two attached hydrogens (primary N) is 1. The van der Waals surface area contributed by atoms with E-state index < -0.39 is 60.3 Å². The lowest BCUT2D eigenvalue weighted by molar-refractivity contribution is -0.166. The third-order valence-electron chi connectivity index (χ3n) is 12.3. The van der Waals surface area contributed by atoms with E-state index in [2.05, 4.69) is 51.6 Å². The zero-order valence-electron chi connectivity index (χ0n) is 41.3. The van der Waals surface area contributed by atoms with E-state index in [0.29, 0.717) is 24.2 Å². The van der Waals surface area contributed by atoms with Crippen LogP contribution in [0.4, 0.5) is 5.69 Å². The normalized spacial score (nSPS) is 22.6. The third-order valence-corrected chi connectivity index (χ3v) is 15.1. The van der Waals surface area contributed by atoms with Crippen molar-refractivity contribution in [2.45, 2.75) is 115 Å². The van der Waals surface area contributed by atoms with Gasteiger partial charge in [0.1, 0.15) is 44.6 Å². The fourth-order valence-corrected chi connectivity index (χ4v) is 10.6. The first-order valence-electron chi connectivity index (χ1n) is 23.1. The van der Waals surface area contributed by atoms with E-state index in [0.717, 1.165) is 31.7 Å². The lowest BCUT2D eigenvalue weighted by atomic mass is 9.65. The van der Waals surface area contributed by atoms with E-state index in [9.17, 15) is 50.7 Å². The molecular formula is C50H62ClN3O17S2. The summed E-state index contributed by atoms with van der Waals surface area (Å²) < 4.78 is 68.9. The average Bonchev–Trinajstić information content (AvgIpc) is 3.28. The Bertz CT molecular complexity index is 2760. The molecule has 7 atom stereocenters. The molecule has 0 amide bonds. The summed E-state index contributed by atoms with van der Waals surface area (Å²) in [5.74, 6) is -2.38. The highest BCUT2D eigenvalue weighted by molar-refractivity contribution is 7.90. The molecule has 2 heterocycles. The lowest BCUT2D eigenvalue weighted by Crippen LogP contribution is -2.43. The van der Waals surface area contributed by atoms with Crippen molar-refractivity contribution in [3.63, 3.8) is 0 Å². The van der Waals surface area contributed by atoms with Crippen LogP contribution in [-0.4, -0.2) is 93.0 Å². The molecule has 73 heavy (non-hydrogen) atoms. The Hall–Kier alpha value is -6.17. The zero-order valence-corrected chi connectivity index (χ0v) is 43.7. The second-order valence-electron chi connectivity index (χ2n) is 18.4. The van der Waals surface area contributed by atoms with Gasteiger partial charge in [-0.1, -0.05) is 74.9 Å². The van der Waals surface area contributed by atoms with Gasteiger partial charge in [-0.2, -0.15) is 4.72 Å². The van der Waals surface area contributed by atoms with Crippen LogP contribution in [0.3, 0.4) is 0 Å². The van der Waals surface area contributed by atoms with E-state index in [1.165, 1.54) is 49.8 Å². The first-order valence-corrected chi connectivity index (χ1v) is 26.5. The van der Waals surface area contributed by atoms with Gasteiger partial charge in [0, 0.05) is 26.2 Å². The molecule has 0 radical (unpaired) electrons. The van der Waals surface area contributed by atoms with E-state index in [1.54, 1.807) is 24.3 Å². The first kappa shape index (κ1) is 59.4. The van der Waals surface area contributed by atoms with Gasteiger partial charge in [0.05, 0.1) is 35.3 Å². The Morgan fingerprint density at radius 1 is 0.904 bits per heavy atom. The minimum absolute atomic E-state index is 0.0143. The van der Waals surface area contributed by atoms with Crippen molar-refractivity contribution in [2.75, 3.05) is 12.0 Å². The molecule has 0 aromatic heterocycles. The van der Waals surface area contributed by atoms with Crippen LogP contribution in [0.5, 0.6) is 11.5 Å². The van der Waals surface area contributed by atoms with E-state index >= 15 is 0 Å². The summed E-state index contributed by atoms with van der Waals surface area (Å²) in [5.41, 5.74) is 0.990. The largest absolute Gasteiger partial charge is 0.478 e. The predicted octanol–water partition coefficient (Wildman–Crippen LogP) is 6.85. The van der Waals surface area contributed by atoms with Gasteiger partial charge in [-0.25, -0.2) is 31.6 Å². The molecule has 398 valence electrons. The maximum Gasteiger partial charge on any atom is 0.339 e. The molecule has 23 heteroatoms. The molecule has 3 aromatic carbocycles. The number of carbonyl (C=O) groups is 6. The average molecular weight is 1080 g/mol. The topological polar surface area (TPSA) is 318 Å². The molecule has 0 bridgehead atoms. The summed E-state index contributed by atoms with van der Waals surface area (Å²) in [5, 5.41) is 34.8. The monoisotopic (exact) mass is 1080 g/mol. The highest BCUT2D eigenvalue weighted by Gasteiger charge is 2.43. The molecule has 20 nitrogen and oxygen atoms in total. The van der Waals surface area contributed by atoms with Gasteiger partial charge < -0.3 is 39.6 Å². The van der Waals surface area contributed by atoms with Gasteiger partial charge in [-0.3, -0.25) is 19.2 Å². The molecule has 2 aliphatic heterocycles. The number of sulfonamides is 2. The molecule has 4 aliphatic rings. The van der Waals surface area contributed by atoms with Crippen molar-refractivity contribution in [2.24, 2.45) is 34.2 Å². The second kappa shape index (κ2) is 25.7. The van der Waals surface area contributed by atoms with Gasteiger partial charge in [-0.15, -0.1) is 0 Å². The van der Waals surface area contributed by atoms with E-state index in [-0.39, 0.29) is 81.4 Å². The van der Waals surface area contributed by atoms with Crippen LogP contribution < -0.4 is 24.7 Å². The number of anilines is 1. The molecule has 3 aromatic rings. The number of halogens is 1. The first-order chi connectivity index (χ1) is 34.0. The van der Waals surface area contributed by atoms with Crippen LogP contribution >= 0.6 is 11.6 Å². The van der Waals surface area contributed by atoms with Crippen molar-refractivity contribution in [1.82, 2.24) is 4.72 Å². The van der Waals surface area contributed by atoms with Crippen LogP contribution in [0.15, 0.2) is 94.3 Å². The van der Waals surface area contributed by atoms with Crippen molar-refractivity contribution in [3.05, 3.63) is 101 Å². The van der Waals surface area contributed by atoms with Crippen molar-refractivity contribution < 1.29 is 79.9 Å². The number of cyclic esters (lactones) is 1.